The van der Waals surface area contributed by atoms with E-state index in [1.165, 1.54) is 61.8 Å². The highest BCUT2D eigenvalue weighted by Crippen LogP contribution is 2.51. The quantitative estimate of drug-likeness (QED) is 0.674. The molecule has 1 nitrogen and oxygen atoms in total. The summed E-state index contributed by atoms with van der Waals surface area (Å²) in [7, 11) is 2.22. The highest BCUT2D eigenvalue weighted by molar-refractivity contribution is 5.67. The van der Waals surface area contributed by atoms with E-state index in [0.29, 0.717) is 5.41 Å². The molecular weight excluding hydrogens is 266 g/mol. The summed E-state index contributed by atoms with van der Waals surface area (Å²) < 4.78 is 2.37. The maximum absolute atomic E-state index is 2.39. The average Bonchev–Trinajstić information content (AvgIpc) is 2.98. The van der Waals surface area contributed by atoms with Crippen molar-refractivity contribution in [2.24, 2.45) is 7.05 Å². The zero-order valence-corrected chi connectivity index (χ0v) is 13.9. The van der Waals surface area contributed by atoms with Crippen molar-refractivity contribution in [3.8, 4) is 11.3 Å². The van der Waals surface area contributed by atoms with E-state index in [1.807, 2.05) is 0 Å². The molecular formula is C21H26N+. The number of nitrogens with zero attached hydrogens (tertiary/aromatic N) is 1. The molecule has 1 aromatic carbocycles. The van der Waals surface area contributed by atoms with Crippen molar-refractivity contribution in [3.05, 3.63) is 53.2 Å². The number of benzene rings is 1. The van der Waals surface area contributed by atoms with E-state index in [9.17, 15) is 0 Å². The molecule has 1 saturated carbocycles. The van der Waals surface area contributed by atoms with Crippen molar-refractivity contribution < 1.29 is 4.57 Å². The van der Waals surface area contributed by atoms with E-state index in [4.69, 9.17) is 0 Å². The van der Waals surface area contributed by atoms with Gasteiger partial charge >= 0.3 is 0 Å². The Morgan fingerprint density at radius 3 is 2.45 bits per heavy atom. The second-order valence-electron chi connectivity index (χ2n) is 7.33. The van der Waals surface area contributed by atoms with Gasteiger partial charge in [-0.15, -0.1) is 0 Å². The molecule has 0 saturated heterocycles. The number of rotatable bonds is 1. The second kappa shape index (κ2) is 5.22. The highest BCUT2D eigenvalue weighted by Gasteiger charge is 2.43. The number of pyridine rings is 1. The SMILES string of the molecule is Cc1ccccc1-c1c2c(cc[n+]1C)CCCC21CCCC1. The van der Waals surface area contributed by atoms with Gasteiger partial charge in [0.1, 0.15) is 7.05 Å². The largest absolute Gasteiger partial charge is 0.216 e. The van der Waals surface area contributed by atoms with Crippen molar-refractivity contribution in [1.82, 2.24) is 0 Å². The third kappa shape index (κ3) is 2.02. The van der Waals surface area contributed by atoms with Gasteiger partial charge in [-0.2, -0.15) is 0 Å². The Hall–Kier alpha value is -1.63. The first-order valence-electron chi connectivity index (χ1n) is 8.79. The van der Waals surface area contributed by atoms with Crippen LogP contribution in [0, 0.1) is 6.92 Å². The summed E-state index contributed by atoms with van der Waals surface area (Å²) in [6.45, 7) is 2.25. The summed E-state index contributed by atoms with van der Waals surface area (Å²) in [5.41, 5.74) is 8.07. The first-order chi connectivity index (χ1) is 10.7. The fraction of sp³-hybridized carbons (Fsp3) is 0.476. The van der Waals surface area contributed by atoms with Crippen LogP contribution in [0.2, 0.25) is 0 Å². The Bertz CT molecular complexity index is 708. The van der Waals surface area contributed by atoms with Crippen LogP contribution in [0.5, 0.6) is 0 Å². The molecule has 1 heterocycles. The van der Waals surface area contributed by atoms with Crippen LogP contribution in [-0.2, 0) is 18.9 Å². The van der Waals surface area contributed by atoms with Gasteiger partial charge in [0, 0.05) is 22.6 Å². The van der Waals surface area contributed by atoms with Crippen LogP contribution < -0.4 is 4.57 Å². The Labute approximate surface area is 134 Å². The minimum atomic E-state index is 0.463. The lowest BCUT2D eigenvalue weighted by Crippen LogP contribution is -2.38. The predicted octanol–water partition coefficient (Wildman–Crippen LogP) is 4.63. The summed E-state index contributed by atoms with van der Waals surface area (Å²) in [4.78, 5) is 0. The van der Waals surface area contributed by atoms with Gasteiger partial charge in [0.15, 0.2) is 6.20 Å². The monoisotopic (exact) mass is 292 g/mol. The molecule has 1 heteroatoms. The third-order valence-corrected chi connectivity index (χ3v) is 6.00. The summed E-state index contributed by atoms with van der Waals surface area (Å²) in [6.07, 6.45) is 11.9. The third-order valence-electron chi connectivity index (χ3n) is 6.00. The van der Waals surface area contributed by atoms with E-state index in [1.54, 1.807) is 11.1 Å². The summed E-state index contributed by atoms with van der Waals surface area (Å²) in [5, 5.41) is 0. The van der Waals surface area contributed by atoms with Gasteiger partial charge in [0.25, 0.3) is 0 Å². The molecule has 2 aliphatic rings. The lowest BCUT2D eigenvalue weighted by atomic mass is 9.67. The molecule has 2 aliphatic carbocycles. The minimum absolute atomic E-state index is 0.463. The second-order valence-corrected chi connectivity index (χ2v) is 7.33. The van der Waals surface area contributed by atoms with Gasteiger partial charge in [-0.05, 0) is 56.2 Å². The van der Waals surface area contributed by atoms with Crippen molar-refractivity contribution in [1.29, 1.82) is 0 Å². The van der Waals surface area contributed by atoms with Crippen LogP contribution in [0.25, 0.3) is 11.3 Å². The molecule has 0 radical (unpaired) electrons. The van der Waals surface area contributed by atoms with Crippen LogP contribution >= 0.6 is 0 Å². The molecule has 1 spiro atoms. The molecule has 114 valence electrons. The molecule has 0 atom stereocenters. The molecule has 0 unspecified atom stereocenters. The fourth-order valence-electron chi connectivity index (χ4n) is 4.95. The molecule has 0 aliphatic heterocycles. The average molecular weight is 292 g/mol. The summed E-state index contributed by atoms with van der Waals surface area (Å²) in [5.74, 6) is 0. The van der Waals surface area contributed by atoms with Gasteiger partial charge in [-0.3, -0.25) is 0 Å². The zero-order chi connectivity index (χ0) is 15.2. The van der Waals surface area contributed by atoms with Crippen molar-refractivity contribution in [2.75, 3.05) is 0 Å². The Morgan fingerprint density at radius 2 is 1.68 bits per heavy atom. The van der Waals surface area contributed by atoms with Gasteiger partial charge in [-0.1, -0.05) is 31.0 Å². The standard InChI is InChI=1S/C21H26N/c1-16-8-3-4-10-18(16)20-19-17(11-15-22(20)2)9-7-14-21(19)12-5-6-13-21/h3-4,8,10-11,15H,5-7,9,12-14H2,1-2H3/q+1. The number of fused-ring (bicyclic) bond motifs is 2. The normalized spacial score (nSPS) is 19.4. The van der Waals surface area contributed by atoms with Gasteiger partial charge in [-0.25, -0.2) is 4.57 Å². The smallest absolute Gasteiger partial charge is 0.201 e. The molecule has 0 amide bonds. The zero-order valence-electron chi connectivity index (χ0n) is 13.9. The lowest BCUT2D eigenvalue weighted by Gasteiger charge is -2.36. The van der Waals surface area contributed by atoms with Crippen molar-refractivity contribution in [3.63, 3.8) is 0 Å². The molecule has 0 bridgehead atoms. The molecule has 22 heavy (non-hydrogen) atoms. The Balaban J connectivity index is 2.02. The maximum Gasteiger partial charge on any atom is 0.216 e. The van der Waals surface area contributed by atoms with Crippen molar-refractivity contribution in [2.45, 2.75) is 57.3 Å². The van der Waals surface area contributed by atoms with E-state index < -0.39 is 0 Å². The van der Waals surface area contributed by atoms with Crippen LogP contribution in [0.3, 0.4) is 0 Å². The van der Waals surface area contributed by atoms with E-state index in [0.717, 1.165) is 0 Å². The predicted molar refractivity (Wildman–Crippen MR) is 90.9 cm³/mol. The van der Waals surface area contributed by atoms with Gasteiger partial charge in [0.05, 0.1) is 0 Å². The molecule has 1 fully saturated rings. The Morgan fingerprint density at radius 1 is 0.955 bits per heavy atom. The Kier molecular flexibility index (Phi) is 3.32. The number of hydrogen-bond acceptors (Lipinski definition) is 0. The van der Waals surface area contributed by atoms with Crippen molar-refractivity contribution >= 4 is 0 Å². The topological polar surface area (TPSA) is 3.88 Å². The summed E-state index contributed by atoms with van der Waals surface area (Å²) in [6, 6.07) is 11.3. The maximum atomic E-state index is 2.39. The molecule has 0 N–H and O–H groups in total. The van der Waals surface area contributed by atoms with E-state index in [-0.39, 0.29) is 0 Å². The fourth-order valence-corrected chi connectivity index (χ4v) is 4.95. The number of aromatic nitrogens is 1. The van der Waals surface area contributed by atoms with E-state index in [2.05, 4.69) is 55.1 Å². The minimum Gasteiger partial charge on any atom is -0.201 e. The lowest BCUT2D eigenvalue weighted by molar-refractivity contribution is -0.661. The van der Waals surface area contributed by atoms with E-state index >= 15 is 0 Å². The van der Waals surface area contributed by atoms with Crippen LogP contribution in [-0.4, -0.2) is 0 Å². The first kappa shape index (κ1) is 14.0. The molecule has 2 aromatic rings. The highest BCUT2D eigenvalue weighted by atomic mass is 14.9. The van der Waals surface area contributed by atoms with Gasteiger partial charge in [0.2, 0.25) is 5.69 Å². The molecule has 4 rings (SSSR count). The summed E-state index contributed by atoms with van der Waals surface area (Å²) >= 11 is 0. The van der Waals surface area contributed by atoms with Crippen LogP contribution in [0.15, 0.2) is 36.5 Å². The first-order valence-corrected chi connectivity index (χ1v) is 8.79. The van der Waals surface area contributed by atoms with Gasteiger partial charge < -0.3 is 0 Å². The van der Waals surface area contributed by atoms with Crippen LogP contribution in [0.1, 0.15) is 55.2 Å². The van der Waals surface area contributed by atoms with Crippen LogP contribution in [0.4, 0.5) is 0 Å². The number of aryl methyl sites for hydroxylation is 3. The molecule has 1 aromatic heterocycles. The number of hydrogen-bond donors (Lipinski definition) is 0.